The van der Waals surface area contributed by atoms with Crippen LogP contribution in [0.2, 0.25) is 0 Å². The second kappa shape index (κ2) is 6.92. The van der Waals surface area contributed by atoms with Gasteiger partial charge in [-0.25, -0.2) is 8.42 Å². The number of furan rings is 1. The Hall–Kier alpha value is -1.90. The number of aromatic nitrogens is 1. The highest BCUT2D eigenvalue weighted by atomic mass is 32.2. The Morgan fingerprint density at radius 3 is 2.71 bits per heavy atom. The van der Waals surface area contributed by atoms with Crippen molar-refractivity contribution < 1.29 is 17.4 Å². The van der Waals surface area contributed by atoms with Crippen LogP contribution in [0.1, 0.15) is 21.9 Å². The summed E-state index contributed by atoms with van der Waals surface area (Å²) in [7, 11) is -3.71. The van der Waals surface area contributed by atoms with Gasteiger partial charge in [-0.2, -0.15) is 4.31 Å². The van der Waals surface area contributed by atoms with Crippen molar-refractivity contribution in [3.05, 3.63) is 58.0 Å². The zero-order valence-electron chi connectivity index (χ0n) is 13.4. The standard InChI is InChI=1S/C16H18N2O4S2/c1-12-16(13(2)22-17-12)24(19,20)18(10-14-6-8-21-11-14)7-5-15-4-3-9-23-15/h3-4,6,8-9,11H,5,7,10H2,1-2H3. The molecule has 0 saturated carbocycles. The Labute approximate surface area is 144 Å². The molecule has 0 spiro atoms. The lowest BCUT2D eigenvalue weighted by Gasteiger charge is -2.21. The minimum atomic E-state index is -3.71. The topological polar surface area (TPSA) is 76.6 Å². The molecule has 0 radical (unpaired) electrons. The molecule has 3 rings (SSSR count). The van der Waals surface area contributed by atoms with Crippen molar-refractivity contribution >= 4 is 21.4 Å². The Morgan fingerprint density at radius 1 is 1.29 bits per heavy atom. The summed E-state index contributed by atoms with van der Waals surface area (Å²) in [5, 5.41) is 5.76. The first kappa shape index (κ1) is 16.9. The molecule has 0 unspecified atom stereocenters. The van der Waals surface area contributed by atoms with E-state index in [1.54, 1.807) is 37.5 Å². The number of hydrogen-bond donors (Lipinski definition) is 0. The molecule has 0 N–H and O–H groups in total. The summed E-state index contributed by atoms with van der Waals surface area (Å²) in [5.41, 5.74) is 1.18. The monoisotopic (exact) mass is 366 g/mol. The minimum absolute atomic E-state index is 0.150. The maximum atomic E-state index is 13.1. The number of aryl methyl sites for hydroxylation is 2. The summed E-state index contributed by atoms with van der Waals surface area (Å²) in [6.07, 6.45) is 3.74. The van der Waals surface area contributed by atoms with E-state index in [9.17, 15) is 8.42 Å². The van der Waals surface area contributed by atoms with Gasteiger partial charge in [0.1, 0.15) is 10.6 Å². The summed E-state index contributed by atoms with van der Waals surface area (Å²) in [6, 6.07) is 5.73. The van der Waals surface area contributed by atoms with Crippen LogP contribution in [-0.2, 0) is 23.0 Å². The first-order chi connectivity index (χ1) is 11.5. The van der Waals surface area contributed by atoms with Gasteiger partial charge in [0.25, 0.3) is 0 Å². The van der Waals surface area contributed by atoms with Crippen LogP contribution in [0.25, 0.3) is 0 Å². The third-order valence-corrected chi connectivity index (χ3v) is 6.72. The number of thiophene rings is 1. The van der Waals surface area contributed by atoms with E-state index >= 15 is 0 Å². The van der Waals surface area contributed by atoms with Crippen LogP contribution in [0.5, 0.6) is 0 Å². The fourth-order valence-corrected chi connectivity index (χ4v) is 4.95. The molecular weight excluding hydrogens is 348 g/mol. The van der Waals surface area contributed by atoms with Gasteiger partial charge in [0, 0.05) is 23.5 Å². The van der Waals surface area contributed by atoms with Gasteiger partial charge in [-0.05, 0) is 37.8 Å². The van der Waals surface area contributed by atoms with Crippen LogP contribution in [0, 0.1) is 13.8 Å². The quantitative estimate of drug-likeness (QED) is 0.641. The molecule has 0 saturated heterocycles. The summed E-state index contributed by atoms with van der Waals surface area (Å²) in [5.74, 6) is 0.306. The molecule has 0 aliphatic heterocycles. The highest BCUT2D eigenvalue weighted by Crippen LogP contribution is 2.25. The SMILES string of the molecule is Cc1noc(C)c1S(=O)(=O)N(CCc1cccs1)Cc1ccoc1. The van der Waals surface area contributed by atoms with Gasteiger partial charge >= 0.3 is 0 Å². The van der Waals surface area contributed by atoms with Gasteiger partial charge in [0.15, 0.2) is 5.76 Å². The van der Waals surface area contributed by atoms with Crippen LogP contribution in [0.3, 0.4) is 0 Å². The largest absolute Gasteiger partial charge is 0.472 e. The first-order valence-corrected chi connectivity index (χ1v) is 9.77. The fourth-order valence-electron chi connectivity index (χ4n) is 2.53. The molecule has 0 bridgehead atoms. The lowest BCUT2D eigenvalue weighted by molar-refractivity contribution is 0.387. The summed E-state index contributed by atoms with van der Waals surface area (Å²) in [6.45, 7) is 3.87. The van der Waals surface area contributed by atoms with Crippen molar-refractivity contribution in [1.82, 2.24) is 9.46 Å². The van der Waals surface area contributed by atoms with E-state index in [1.807, 2.05) is 17.5 Å². The predicted octanol–water partition coefficient (Wildman–Crippen LogP) is 3.38. The number of sulfonamides is 1. The number of rotatable bonds is 7. The molecule has 0 atom stereocenters. The third-order valence-electron chi connectivity index (χ3n) is 3.69. The summed E-state index contributed by atoms with van der Waals surface area (Å²) < 4.78 is 37.8. The van der Waals surface area contributed by atoms with Crippen molar-refractivity contribution in [1.29, 1.82) is 0 Å². The molecule has 128 valence electrons. The molecule has 6 nitrogen and oxygen atoms in total. The molecule has 24 heavy (non-hydrogen) atoms. The van der Waals surface area contributed by atoms with Crippen molar-refractivity contribution in [2.75, 3.05) is 6.54 Å². The van der Waals surface area contributed by atoms with Gasteiger partial charge in [-0.3, -0.25) is 0 Å². The van der Waals surface area contributed by atoms with Crippen LogP contribution >= 0.6 is 11.3 Å². The van der Waals surface area contributed by atoms with Crippen molar-refractivity contribution in [3.63, 3.8) is 0 Å². The second-order valence-electron chi connectivity index (χ2n) is 5.45. The average molecular weight is 366 g/mol. The van der Waals surface area contributed by atoms with Crippen molar-refractivity contribution in [2.24, 2.45) is 0 Å². The van der Waals surface area contributed by atoms with E-state index in [4.69, 9.17) is 8.94 Å². The van der Waals surface area contributed by atoms with Gasteiger partial charge < -0.3 is 8.94 Å². The van der Waals surface area contributed by atoms with Crippen LogP contribution < -0.4 is 0 Å². The molecule has 0 fully saturated rings. The number of hydrogen-bond acceptors (Lipinski definition) is 6. The van der Waals surface area contributed by atoms with Crippen molar-refractivity contribution in [3.8, 4) is 0 Å². The molecule has 0 aliphatic carbocycles. The Balaban J connectivity index is 1.90. The van der Waals surface area contributed by atoms with E-state index in [-0.39, 0.29) is 11.4 Å². The zero-order chi connectivity index (χ0) is 17.2. The fraction of sp³-hybridized carbons (Fsp3) is 0.312. The first-order valence-electron chi connectivity index (χ1n) is 7.45. The third kappa shape index (κ3) is 3.45. The molecule has 0 aromatic carbocycles. The average Bonchev–Trinajstić information content (AvgIpc) is 3.26. The minimum Gasteiger partial charge on any atom is -0.472 e. The smallest absolute Gasteiger partial charge is 0.248 e. The predicted molar refractivity (Wildman–Crippen MR) is 90.3 cm³/mol. The molecule has 3 aromatic heterocycles. The summed E-state index contributed by atoms with van der Waals surface area (Å²) in [4.78, 5) is 1.29. The molecule has 0 aliphatic rings. The highest BCUT2D eigenvalue weighted by Gasteiger charge is 2.31. The second-order valence-corrected chi connectivity index (χ2v) is 8.36. The van der Waals surface area contributed by atoms with Gasteiger partial charge in [-0.1, -0.05) is 11.2 Å². The van der Waals surface area contributed by atoms with Crippen LogP contribution in [-0.4, -0.2) is 24.4 Å². The maximum Gasteiger partial charge on any atom is 0.248 e. The van der Waals surface area contributed by atoms with Gasteiger partial charge in [-0.15, -0.1) is 11.3 Å². The molecule has 3 aromatic rings. The summed E-state index contributed by atoms with van der Waals surface area (Å²) >= 11 is 1.62. The maximum absolute atomic E-state index is 13.1. The number of nitrogens with zero attached hydrogens (tertiary/aromatic N) is 2. The van der Waals surface area contributed by atoms with Crippen LogP contribution in [0.4, 0.5) is 0 Å². The molecule has 0 amide bonds. The van der Waals surface area contributed by atoms with E-state index < -0.39 is 10.0 Å². The Kier molecular flexibility index (Phi) is 4.88. The molecular formula is C16H18N2O4S2. The van der Waals surface area contributed by atoms with Crippen molar-refractivity contribution in [2.45, 2.75) is 31.7 Å². The van der Waals surface area contributed by atoms with E-state index in [0.717, 1.165) is 10.4 Å². The Morgan fingerprint density at radius 2 is 2.12 bits per heavy atom. The van der Waals surface area contributed by atoms with Crippen LogP contribution in [0.15, 0.2) is 49.9 Å². The Bertz CT molecular complexity index is 861. The normalized spacial score (nSPS) is 12.1. The highest BCUT2D eigenvalue weighted by molar-refractivity contribution is 7.89. The molecule has 3 heterocycles. The van der Waals surface area contributed by atoms with Gasteiger partial charge in [0.2, 0.25) is 10.0 Å². The lowest BCUT2D eigenvalue weighted by atomic mass is 10.3. The van der Waals surface area contributed by atoms with E-state index in [0.29, 0.717) is 24.4 Å². The van der Waals surface area contributed by atoms with E-state index in [1.165, 1.54) is 10.6 Å². The van der Waals surface area contributed by atoms with Gasteiger partial charge in [0.05, 0.1) is 12.5 Å². The molecule has 8 heteroatoms. The van der Waals surface area contributed by atoms with E-state index in [2.05, 4.69) is 5.16 Å². The zero-order valence-corrected chi connectivity index (χ0v) is 15.1. The lowest BCUT2D eigenvalue weighted by Crippen LogP contribution is -2.33.